The van der Waals surface area contributed by atoms with Crippen LogP contribution in [0.3, 0.4) is 0 Å². The minimum atomic E-state index is -0.849. The zero-order chi connectivity index (χ0) is 10.6. The van der Waals surface area contributed by atoms with E-state index in [1.807, 2.05) is 6.92 Å². The molecule has 14 heavy (non-hydrogen) atoms. The van der Waals surface area contributed by atoms with Crippen molar-refractivity contribution in [1.82, 2.24) is 4.98 Å². The minimum Gasteiger partial charge on any atom is -0.349 e. The Morgan fingerprint density at radius 2 is 2.07 bits per heavy atom. The second-order valence-electron chi connectivity index (χ2n) is 2.86. The molecule has 4 heteroatoms. The lowest BCUT2D eigenvalue weighted by Crippen LogP contribution is -2.25. The normalized spacial score (nSPS) is 10.6. The predicted octanol–water partition coefficient (Wildman–Crippen LogP) is 1.19. The van der Waals surface area contributed by atoms with E-state index < -0.39 is 6.29 Å². The van der Waals surface area contributed by atoms with Gasteiger partial charge in [-0.25, -0.2) is 0 Å². The van der Waals surface area contributed by atoms with Gasteiger partial charge in [-0.15, -0.1) is 0 Å². The number of methoxy groups -OCH3 is 2. The predicted molar refractivity (Wildman–Crippen MR) is 51.1 cm³/mol. The third kappa shape index (κ3) is 2.16. The Kier molecular flexibility index (Phi) is 3.73. The Morgan fingerprint density at radius 1 is 1.43 bits per heavy atom. The fourth-order valence-corrected chi connectivity index (χ4v) is 1.16. The molecule has 0 amide bonds. The number of hydrogen-bond donors (Lipinski definition) is 0. The van der Waals surface area contributed by atoms with Crippen LogP contribution in [0.4, 0.5) is 0 Å². The molecule has 0 aliphatic heterocycles. The summed E-state index contributed by atoms with van der Waals surface area (Å²) in [6.07, 6.45) is 2.31. The number of carbonyl (C=O) groups is 1. The van der Waals surface area contributed by atoms with Crippen LogP contribution in [0.1, 0.15) is 15.9 Å². The minimum absolute atomic E-state index is 0.208. The SMILES string of the molecule is COC(OC)C(=O)c1cnccc1C. The number of hydrogen-bond acceptors (Lipinski definition) is 4. The number of aryl methyl sites for hydroxylation is 1. The van der Waals surface area contributed by atoms with Crippen LogP contribution in [0.5, 0.6) is 0 Å². The molecule has 0 bridgehead atoms. The van der Waals surface area contributed by atoms with Gasteiger partial charge in [0, 0.05) is 32.2 Å². The fraction of sp³-hybridized carbons (Fsp3) is 0.400. The molecule has 0 radical (unpaired) electrons. The van der Waals surface area contributed by atoms with E-state index in [9.17, 15) is 4.79 Å². The molecule has 0 aliphatic carbocycles. The first-order valence-electron chi connectivity index (χ1n) is 4.21. The van der Waals surface area contributed by atoms with Crippen LogP contribution in [0.15, 0.2) is 18.5 Å². The summed E-state index contributed by atoms with van der Waals surface area (Å²) in [7, 11) is 2.86. The first kappa shape index (κ1) is 10.8. The molecular formula is C10H13NO3. The number of nitrogens with zero attached hydrogens (tertiary/aromatic N) is 1. The highest BCUT2D eigenvalue weighted by molar-refractivity contribution is 5.99. The van der Waals surface area contributed by atoms with Crippen LogP contribution in [-0.2, 0) is 9.47 Å². The molecule has 1 aromatic rings. The van der Waals surface area contributed by atoms with Gasteiger partial charge in [-0.3, -0.25) is 9.78 Å². The summed E-state index contributed by atoms with van der Waals surface area (Å²) in [4.78, 5) is 15.6. The molecule has 1 heterocycles. The lowest BCUT2D eigenvalue weighted by Gasteiger charge is -2.12. The fourth-order valence-electron chi connectivity index (χ4n) is 1.16. The quantitative estimate of drug-likeness (QED) is 0.535. The van der Waals surface area contributed by atoms with Crippen molar-refractivity contribution in [2.45, 2.75) is 13.2 Å². The summed E-state index contributed by atoms with van der Waals surface area (Å²) in [5.41, 5.74) is 1.39. The summed E-state index contributed by atoms with van der Waals surface area (Å²) >= 11 is 0. The van der Waals surface area contributed by atoms with Crippen LogP contribution in [0.25, 0.3) is 0 Å². The van der Waals surface area contributed by atoms with Gasteiger partial charge in [0.2, 0.25) is 12.1 Å². The summed E-state index contributed by atoms with van der Waals surface area (Å²) in [5, 5.41) is 0. The van der Waals surface area contributed by atoms with Gasteiger partial charge in [0.25, 0.3) is 0 Å². The molecule has 0 aromatic carbocycles. The van der Waals surface area contributed by atoms with Gasteiger partial charge in [-0.2, -0.15) is 0 Å². The Bertz CT molecular complexity index is 321. The molecule has 4 nitrogen and oxygen atoms in total. The molecule has 0 atom stereocenters. The van der Waals surface area contributed by atoms with E-state index in [0.717, 1.165) is 5.56 Å². The van der Waals surface area contributed by atoms with Crippen LogP contribution in [0.2, 0.25) is 0 Å². The van der Waals surface area contributed by atoms with Gasteiger partial charge >= 0.3 is 0 Å². The molecule has 1 aromatic heterocycles. The maximum absolute atomic E-state index is 11.7. The summed E-state index contributed by atoms with van der Waals surface area (Å²) in [6.45, 7) is 1.84. The van der Waals surface area contributed by atoms with Gasteiger partial charge in [0.15, 0.2) is 0 Å². The molecule has 0 spiro atoms. The molecule has 0 fully saturated rings. The highest BCUT2D eigenvalue weighted by Crippen LogP contribution is 2.10. The Balaban J connectivity index is 2.94. The number of ether oxygens (including phenoxy) is 2. The van der Waals surface area contributed by atoms with E-state index in [1.165, 1.54) is 20.4 Å². The average Bonchev–Trinajstić information content (AvgIpc) is 2.20. The molecular weight excluding hydrogens is 182 g/mol. The van der Waals surface area contributed by atoms with E-state index >= 15 is 0 Å². The maximum Gasteiger partial charge on any atom is 0.222 e. The van der Waals surface area contributed by atoms with Crippen LogP contribution < -0.4 is 0 Å². The third-order valence-electron chi connectivity index (χ3n) is 1.95. The first-order valence-corrected chi connectivity index (χ1v) is 4.21. The second kappa shape index (κ2) is 4.83. The molecule has 0 aliphatic rings. The zero-order valence-corrected chi connectivity index (χ0v) is 8.48. The summed E-state index contributed by atoms with van der Waals surface area (Å²) < 4.78 is 9.74. The Hall–Kier alpha value is -1.26. The van der Waals surface area contributed by atoms with Crippen molar-refractivity contribution in [3.63, 3.8) is 0 Å². The van der Waals surface area contributed by atoms with E-state index in [-0.39, 0.29) is 5.78 Å². The van der Waals surface area contributed by atoms with E-state index in [0.29, 0.717) is 5.56 Å². The molecule has 0 saturated heterocycles. The number of Topliss-reactive ketones (excluding diaryl/α,β-unsaturated/α-hetero) is 1. The van der Waals surface area contributed by atoms with Crippen LogP contribution >= 0.6 is 0 Å². The molecule has 0 N–H and O–H groups in total. The van der Waals surface area contributed by atoms with Gasteiger partial charge in [0.1, 0.15) is 0 Å². The molecule has 0 saturated carbocycles. The van der Waals surface area contributed by atoms with Gasteiger partial charge in [0.05, 0.1) is 0 Å². The molecule has 0 unspecified atom stereocenters. The largest absolute Gasteiger partial charge is 0.349 e. The number of ketones is 1. The van der Waals surface area contributed by atoms with E-state index in [2.05, 4.69) is 4.98 Å². The monoisotopic (exact) mass is 195 g/mol. The highest BCUT2D eigenvalue weighted by atomic mass is 16.7. The second-order valence-corrected chi connectivity index (χ2v) is 2.86. The maximum atomic E-state index is 11.7. The number of rotatable bonds is 4. The van der Waals surface area contributed by atoms with Crippen LogP contribution in [0, 0.1) is 6.92 Å². The van der Waals surface area contributed by atoms with Gasteiger partial charge in [-0.1, -0.05) is 0 Å². The Labute approximate surface area is 82.9 Å². The van der Waals surface area contributed by atoms with Crippen LogP contribution in [-0.4, -0.2) is 31.3 Å². The van der Waals surface area contributed by atoms with Crippen molar-refractivity contribution in [3.8, 4) is 0 Å². The highest BCUT2D eigenvalue weighted by Gasteiger charge is 2.20. The average molecular weight is 195 g/mol. The summed E-state index contributed by atoms with van der Waals surface area (Å²) in [5.74, 6) is -0.208. The standard InChI is InChI=1S/C10H13NO3/c1-7-4-5-11-6-8(7)9(12)10(13-2)14-3/h4-6,10H,1-3H3. The van der Waals surface area contributed by atoms with Gasteiger partial charge < -0.3 is 9.47 Å². The Morgan fingerprint density at radius 3 is 2.57 bits per heavy atom. The van der Waals surface area contributed by atoms with E-state index in [4.69, 9.17) is 9.47 Å². The lowest BCUT2D eigenvalue weighted by atomic mass is 10.1. The van der Waals surface area contributed by atoms with Crippen molar-refractivity contribution in [2.75, 3.05) is 14.2 Å². The molecule has 1 rings (SSSR count). The van der Waals surface area contributed by atoms with E-state index in [1.54, 1.807) is 12.3 Å². The number of pyridine rings is 1. The number of aromatic nitrogens is 1. The van der Waals surface area contributed by atoms with Crippen molar-refractivity contribution >= 4 is 5.78 Å². The molecule has 76 valence electrons. The zero-order valence-electron chi connectivity index (χ0n) is 8.48. The van der Waals surface area contributed by atoms with Crippen molar-refractivity contribution in [1.29, 1.82) is 0 Å². The number of carbonyl (C=O) groups excluding carboxylic acids is 1. The smallest absolute Gasteiger partial charge is 0.222 e. The first-order chi connectivity index (χ1) is 6.70. The van der Waals surface area contributed by atoms with Gasteiger partial charge in [-0.05, 0) is 18.6 Å². The van der Waals surface area contributed by atoms with Crippen molar-refractivity contribution in [3.05, 3.63) is 29.6 Å². The van der Waals surface area contributed by atoms with Crippen molar-refractivity contribution < 1.29 is 14.3 Å². The topological polar surface area (TPSA) is 48.4 Å². The third-order valence-corrected chi connectivity index (χ3v) is 1.95. The lowest BCUT2D eigenvalue weighted by molar-refractivity contribution is -0.0742. The van der Waals surface area contributed by atoms with Crippen molar-refractivity contribution in [2.24, 2.45) is 0 Å². The summed E-state index contributed by atoms with van der Waals surface area (Å²) in [6, 6.07) is 1.77.